The third kappa shape index (κ3) is 7.86. The van der Waals surface area contributed by atoms with Gasteiger partial charge in [0, 0.05) is 32.1 Å². The molecule has 0 radical (unpaired) electrons. The molecule has 1 aromatic carbocycles. The number of nitrogens with one attached hydrogen (secondary N) is 2. The lowest BCUT2D eigenvalue weighted by molar-refractivity contribution is -0.140. The Labute approximate surface area is 181 Å². The first-order valence-corrected chi connectivity index (χ1v) is 11.1. The van der Waals surface area contributed by atoms with E-state index in [0.29, 0.717) is 6.42 Å². The minimum atomic E-state index is -0.125. The molecule has 2 rings (SSSR count). The number of para-hydroxylation sites is 1. The molecule has 1 heterocycles. The number of hydrogen-bond donors (Lipinski definition) is 2. The predicted octanol–water partition coefficient (Wildman–Crippen LogP) is 3.12. The first-order chi connectivity index (χ1) is 14.7. The van der Waals surface area contributed by atoms with Gasteiger partial charge in [0.05, 0.1) is 20.3 Å². The third-order valence-electron chi connectivity index (χ3n) is 5.59. The van der Waals surface area contributed by atoms with Crippen LogP contribution in [0.4, 0.5) is 0 Å². The van der Waals surface area contributed by atoms with Crippen LogP contribution in [0.2, 0.25) is 0 Å². The van der Waals surface area contributed by atoms with E-state index in [1.807, 2.05) is 12.1 Å². The van der Waals surface area contributed by atoms with Crippen molar-refractivity contribution in [2.45, 2.75) is 51.0 Å². The van der Waals surface area contributed by atoms with E-state index in [0.717, 1.165) is 63.6 Å². The maximum absolute atomic E-state index is 11.1. The third-order valence-corrected chi connectivity index (χ3v) is 5.59. The Kier molecular flexibility index (Phi) is 11.1. The molecule has 0 spiro atoms. The summed E-state index contributed by atoms with van der Waals surface area (Å²) < 4.78 is 10.3. The van der Waals surface area contributed by atoms with E-state index in [1.54, 1.807) is 14.2 Å². The van der Waals surface area contributed by atoms with E-state index in [9.17, 15) is 4.79 Å². The number of unbranched alkanes of at least 4 members (excludes halogenated alkanes) is 3. The van der Waals surface area contributed by atoms with Crippen LogP contribution in [0.3, 0.4) is 0 Å². The number of likely N-dealkylation sites (tertiary alicyclic amines) is 1. The molecular weight excluding hydrogens is 380 g/mol. The summed E-state index contributed by atoms with van der Waals surface area (Å²) in [5, 5.41) is 6.91. The lowest BCUT2D eigenvalue weighted by Gasteiger charge is -2.30. The first kappa shape index (κ1) is 24.0. The smallest absolute Gasteiger partial charge is 0.305 e. The minimum Gasteiger partial charge on any atom is -0.496 e. The fourth-order valence-electron chi connectivity index (χ4n) is 3.90. The number of aliphatic imine (C=N–C) groups is 1. The Balaban J connectivity index is 1.79. The van der Waals surface area contributed by atoms with Crippen molar-refractivity contribution in [1.82, 2.24) is 15.5 Å². The minimum absolute atomic E-state index is 0.125. The number of ether oxygens (including phenoxy) is 2. The van der Waals surface area contributed by atoms with Crippen LogP contribution in [0.5, 0.6) is 5.75 Å². The van der Waals surface area contributed by atoms with Gasteiger partial charge in [-0.2, -0.15) is 0 Å². The highest BCUT2D eigenvalue weighted by molar-refractivity contribution is 5.79. The molecule has 0 bridgehead atoms. The van der Waals surface area contributed by atoms with Gasteiger partial charge in [-0.05, 0) is 44.8 Å². The number of hydrogen-bond acceptors (Lipinski definition) is 5. The average Bonchev–Trinajstić information content (AvgIpc) is 3.31. The van der Waals surface area contributed by atoms with Crippen LogP contribution < -0.4 is 15.4 Å². The molecule has 0 aromatic heterocycles. The highest BCUT2D eigenvalue weighted by Crippen LogP contribution is 2.31. The summed E-state index contributed by atoms with van der Waals surface area (Å²) in [6, 6.07) is 8.54. The molecule has 1 aliphatic heterocycles. The molecule has 0 amide bonds. The van der Waals surface area contributed by atoms with Gasteiger partial charge in [-0.25, -0.2) is 0 Å². The normalized spacial score (nSPS) is 15.6. The molecular formula is C23H38N4O3. The van der Waals surface area contributed by atoms with Crippen LogP contribution >= 0.6 is 0 Å². The molecule has 1 unspecified atom stereocenters. The SMILES string of the molecule is CN=C(NCCCCCCC(=O)OC)NCC(c1ccccc1OC)N1CCCC1. The van der Waals surface area contributed by atoms with Crippen molar-refractivity contribution in [3.05, 3.63) is 29.8 Å². The number of guanidine groups is 1. The largest absolute Gasteiger partial charge is 0.496 e. The van der Waals surface area contributed by atoms with Gasteiger partial charge >= 0.3 is 5.97 Å². The zero-order valence-electron chi connectivity index (χ0n) is 18.8. The Morgan fingerprint density at radius 3 is 2.53 bits per heavy atom. The molecule has 1 saturated heterocycles. The highest BCUT2D eigenvalue weighted by Gasteiger charge is 2.25. The lowest BCUT2D eigenvalue weighted by atomic mass is 10.0. The lowest BCUT2D eigenvalue weighted by Crippen LogP contribution is -2.43. The summed E-state index contributed by atoms with van der Waals surface area (Å²) >= 11 is 0. The van der Waals surface area contributed by atoms with E-state index >= 15 is 0 Å². The fraction of sp³-hybridized carbons (Fsp3) is 0.652. The summed E-state index contributed by atoms with van der Waals surface area (Å²) in [7, 11) is 4.98. The predicted molar refractivity (Wildman–Crippen MR) is 121 cm³/mol. The summed E-state index contributed by atoms with van der Waals surface area (Å²) in [5.41, 5.74) is 1.22. The van der Waals surface area contributed by atoms with Gasteiger partial charge in [-0.3, -0.25) is 14.7 Å². The Morgan fingerprint density at radius 2 is 1.83 bits per heavy atom. The number of rotatable bonds is 12. The van der Waals surface area contributed by atoms with Crippen molar-refractivity contribution < 1.29 is 14.3 Å². The zero-order valence-corrected chi connectivity index (χ0v) is 18.8. The molecule has 7 nitrogen and oxygen atoms in total. The molecule has 7 heteroatoms. The Morgan fingerprint density at radius 1 is 1.10 bits per heavy atom. The van der Waals surface area contributed by atoms with Gasteiger partial charge in [-0.15, -0.1) is 0 Å². The average molecular weight is 419 g/mol. The van der Waals surface area contributed by atoms with Crippen LogP contribution in [0.25, 0.3) is 0 Å². The molecule has 30 heavy (non-hydrogen) atoms. The van der Waals surface area contributed by atoms with Crippen LogP contribution in [-0.2, 0) is 9.53 Å². The van der Waals surface area contributed by atoms with Gasteiger partial charge < -0.3 is 20.1 Å². The molecule has 1 fully saturated rings. The molecule has 1 atom stereocenters. The number of methoxy groups -OCH3 is 2. The van der Waals surface area contributed by atoms with Gasteiger partial charge in [0.25, 0.3) is 0 Å². The standard InChI is InChI=1S/C23H38N4O3/c1-24-23(25-15-9-5-4-6-14-22(28)30-3)26-18-20(27-16-10-11-17-27)19-12-7-8-13-21(19)29-2/h7-8,12-13,20H,4-6,9-11,14-18H2,1-3H3,(H2,24,25,26). The van der Waals surface area contributed by atoms with E-state index in [2.05, 4.69) is 37.4 Å². The number of benzene rings is 1. The highest BCUT2D eigenvalue weighted by atomic mass is 16.5. The fourth-order valence-corrected chi connectivity index (χ4v) is 3.90. The summed E-state index contributed by atoms with van der Waals surface area (Å²) in [5.74, 6) is 1.63. The molecule has 0 aliphatic carbocycles. The molecule has 1 aromatic rings. The molecule has 0 saturated carbocycles. The maximum atomic E-state index is 11.1. The zero-order chi connectivity index (χ0) is 21.6. The number of carbonyl (C=O) groups excluding carboxylic acids is 1. The van der Waals surface area contributed by atoms with Crippen LogP contribution in [0, 0.1) is 0 Å². The van der Waals surface area contributed by atoms with Crippen molar-refractivity contribution in [1.29, 1.82) is 0 Å². The second kappa shape index (κ2) is 13.9. The van der Waals surface area contributed by atoms with Crippen LogP contribution in [0.15, 0.2) is 29.3 Å². The van der Waals surface area contributed by atoms with Crippen molar-refractivity contribution in [3.8, 4) is 5.75 Å². The van der Waals surface area contributed by atoms with Crippen molar-refractivity contribution in [2.24, 2.45) is 4.99 Å². The molecule has 2 N–H and O–H groups in total. The summed E-state index contributed by atoms with van der Waals surface area (Å²) in [4.78, 5) is 18.0. The molecule has 1 aliphatic rings. The van der Waals surface area contributed by atoms with E-state index < -0.39 is 0 Å². The van der Waals surface area contributed by atoms with Gasteiger partial charge in [-0.1, -0.05) is 31.0 Å². The Hall–Kier alpha value is -2.28. The summed E-state index contributed by atoms with van der Waals surface area (Å²) in [6.45, 7) is 3.87. The number of esters is 1. The van der Waals surface area contributed by atoms with Crippen LogP contribution in [-0.4, -0.2) is 64.3 Å². The number of carbonyl (C=O) groups is 1. The quantitative estimate of drug-likeness (QED) is 0.235. The monoisotopic (exact) mass is 418 g/mol. The van der Waals surface area contributed by atoms with Gasteiger partial charge in [0.1, 0.15) is 5.75 Å². The second-order valence-corrected chi connectivity index (χ2v) is 7.62. The topological polar surface area (TPSA) is 75.2 Å². The van der Waals surface area contributed by atoms with E-state index in [1.165, 1.54) is 25.5 Å². The molecule has 168 valence electrons. The summed E-state index contributed by atoms with van der Waals surface area (Å²) in [6.07, 6.45) is 7.05. The van der Waals surface area contributed by atoms with Gasteiger partial charge in [0.15, 0.2) is 5.96 Å². The van der Waals surface area contributed by atoms with Gasteiger partial charge in [0.2, 0.25) is 0 Å². The first-order valence-electron chi connectivity index (χ1n) is 11.1. The van der Waals surface area contributed by atoms with Crippen molar-refractivity contribution >= 4 is 11.9 Å². The van der Waals surface area contributed by atoms with Crippen molar-refractivity contribution in [2.75, 3.05) is 47.4 Å². The van der Waals surface area contributed by atoms with Crippen molar-refractivity contribution in [3.63, 3.8) is 0 Å². The number of nitrogens with zero attached hydrogens (tertiary/aromatic N) is 2. The van der Waals surface area contributed by atoms with E-state index in [4.69, 9.17) is 4.74 Å². The second-order valence-electron chi connectivity index (χ2n) is 7.62. The van der Waals surface area contributed by atoms with Crippen LogP contribution in [0.1, 0.15) is 56.6 Å². The van der Waals surface area contributed by atoms with E-state index in [-0.39, 0.29) is 12.0 Å². The Bertz CT molecular complexity index is 660. The maximum Gasteiger partial charge on any atom is 0.305 e.